The first-order chi connectivity index (χ1) is 13.7. The zero-order valence-electron chi connectivity index (χ0n) is 15.6. The van der Waals surface area contributed by atoms with Gasteiger partial charge in [0.1, 0.15) is 18.5 Å². The molecule has 4 rings (SSSR count). The van der Waals surface area contributed by atoms with Crippen LogP contribution in [-0.2, 0) is 9.53 Å². The molecule has 144 valence electrons. The topological polar surface area (TPSA) is 77.7 Å². The molecule has 28 heavy (non-hydrogen) atoms. The summed E-state index contributed by atoms with van der Waals surface area (Å²) in [7, 11) is 1.52. The number of amides is 1. The summed E-state index contributed by atoms with van der Waals surface area (Å²) in [5.74, 6) is 1.77. The van der Waals surface area contributed by atoms with Crippen LogP contribution in [0.3, 0.4) is 0 Å². The molecule has 1 fully saturated rings. The van der Waals surface area contributed by atoms with Gasteiger partial charge in [0.05, 0.1) is 6.54 Å². The first kappa shape index (κ1) is 18.2. The monoisotopic (exact) mass is 379 g/mol. The lowest BCUT2D eigenvalue weighted by Crippen LogP contribution is -2.33. The van der Waals surface area contributed by atoms with Crippen LogP contribution in [0.4, 0.5) is 0 Å². The zero-order valence-corrected chi connectivity index (χ0v) is 15.6. The van der Waals surface area contributed by atoms with Crippen molar-refractivity contribution in [3.05, 3.63) is 54.6 Å². The lowest BCUT2D eigenvalue weighted by molar-refractivity contribution is -0.134. The van der Waals surface area contributed by atoms with Crippen molar-refractivity contribution in [1.82, 2.24) is 15.0 Å². The molecule has 3 aromatic rings. The molecule has 1 saturated heterocycles. The van der Waals surface area contributed by atoms with E-state index >= 15 is 0 Å². The van der Waals surface area contributed by atoms with Crippen LogP contribution < -0.4 is 4.74 Å². The molecule has 1 aliphatic heterocycles. The molecule has 1 aromatic heterocycles. The van der Waals surface area contributed by atoms with Gasteiger partial charge in [0.2, 0.25) is 11.7 Å². The number of hydrogen-bond donors (Lipinski definition) is 0. The maximum atomic E-state index is 11.9. The second kappa shape index (κ2) is 8.22. The molecule has 0 aliphatic carbocycles. The number of benzene rings is 2. The van der Waals surface area contributed by atoms with E-state index in [1.165, 1.54) is 7.11 Å². The van der Waals surface area contributed by atoms with Gasteiger partial charge in [-0.2, -0.15) is 4.98 Å². The minimum atomic E-state index is -0.0125. The normalized spacial score (nSPS) is 16.3. The van der Waals surface area contributed by atoms with E-state index in [1.807, 2.05) is 54.6 Å². The SMILES string of the molecule is COCC(=O)N1CCC(Oc2ccc(-c3noc(-c4ccccc4)n3)cc2)C1. The molecule has 7 heteroatoms. The highest BCUT2D eigenvalue weighted by atomic mass is 16.5. The van der Waals surface area contributed by atoms with Crippen molar-refractivity contribution >= 4 is 5.91 Å². The van der Waals surface area contributed by atoms with Crippen LogP contribution in [0.15, 0.2) is 59.1 Å². The van der Waals surface area contributed by atoms with Crippen LogP contribution in [0.25, 0.3) is 22.8 Å². The van der Waals surface area contributed by atoms with Crippen LogP contribution in [0.1, 0.15) is 6.42 Å². The van der Waals surface area contributed by atoms with Gasteiger partial charge in [0, 0.05) is 31.2 Å². The highest BCUT2D eigenvalue weighted by Crippen LogP contribution is 2.25. The Morgan fingerprint density at radius 1 is 1.14 bits per heavy atom. The molecular weight excluding hydrogens is 358 g/mol. The van der Waals surface area contributed by atoms with Gasteiger partial charge in [-0.1, -0.05) is 23.4 Å². The zero-order chi connectivity index (χ0) is 19.3. The maximum absolute atomic E-state index is 11.9. The van der Waals surface area contributed by atoms with Gasteiger partial charge in [-0.3, -0.25) is 4.79 Å². The second-order valence-corrected chi connectivity index (χ2v) is 6.61. The average Bonchev–Trinajstić information content (AvgIpc) is 3.40. The summed E-state index contributed by atoms with van der Waals surface area (Å²) < 4.78 is 16.3. The number of nitrogens with zero attached hydrogens (tertiary/aromatic N) is 3. The molecule has 0 saturated carbocycles. The van der Waals surface area contributed by atoms with Gasteiger partial charge in [-0.15, -0.1) is 0 Å². The van der Waals surface area contributed by atoms with E-state index in [1.54, 1.807) is 4.90 Å². The Balaban J connectivity index is 1.38. The predicted molar refractivity (Wildman–Crippen MR) is 103 cm³/mol. The molecule has 1 unspecified atom stereocenters. The summed E-state index contributed by atoms with van der Waals surface area (Å²) in [6, 6.07) is 17.2. The summed E-state index contributed by atoms with van der Waals surface area (Å²) in [6.45, 7) is 1.38. The summed E-state index contributed by atoms with van der Waals surface area (Å²) in [5.41, 5.74) is 1.73. The number of hydrogen-bond acceptors (Lipinski definition) is 6. The minimum Gasteiger partial charge on any atom is -0.489 e. The lowest BCUT2D eigenvalue weighted by atomic mass is 10.2. The fourth-order valence-corrected chi connectivity index (χ4v) is 3.18. The summed E-state index contributed by atoms with van der Waals surface area (Å²) in [5, 5.41) is 4.06. The number of aromatic nitrogens is 2. The van der Waals surface area contributed by atoms with E-state index in [0.29, 0.717) is 24.8 Å². The van der Waals surface area contributed by atoms with Crippen molar-refractivity contribution < 1.29 is 18.8 Å². The van der Waals surface area contributed by atoms with Crippen LogP contribution in [0, 0.1) is 0 Å². The van der Waals surface area contributed by atoms with Crippen molar-refractivity contribution in [2.75, 3.05) is 26.8 Å². The molecule has 0 radical (unpaired) electrons. The number of likely N-dealkylation sites (tertiary alicyclic amines) is 1. The third kappa shape index (κ3) is 4.04. The third-order valence-electron chi connectivity index (χ3n) is 4.63. The van der Waals surface area contributed by atoms with Crippen molar-refractivity contribution in [2.45, 2.75) is 12.5 Å². The molecule has 1 atom stereocenters. The Morgan fingerprint density at radius 2 is 1.93 bits per heavy atom. The molecule has 7 nitrogen and oxygen atoms in total. The van der Waals surface area contributed by atoms with Crippen molar-refractivity contribution in [1.29, 1.82) is 0 Å². The molecule has 0 N–H and O–H groups in total. The number of carbonyl (C=O) groups excluding carboxylic acids is 1. The van der Waals surface area contributed by atoms with Crippen molar-refractivity contribution in [2.24, 2.45) is 0 Å². The fourth-order valence-electron chi connectivity index (χ4n) is 3.18. The number of carbonyl (C=O) groups is 1. The molecule has 2 aromatic carbocycles. The molecule has 0 bridgehead atoms. The second-order valence-electron chi connectivity index (χ2n) is 6.61. The van der Waals surface area contributed by atoms with Gasteiger partial charge >= 0.3 is 0 Å². The quantitative estimate of drug-likeness (QED) is 0.655. The molecule has 1 amide bonds. The van der Waals surface area contributed by atoms with E-state index < -0.39 is 0 Å². The van der Waals surface area contributed by atoms with Crippen molar-refractivity contribution in [3.8, 4) is 28.6 Å². The van der Waals surface area contributed by atoms with E-state index in [-0.39, 0.29) is 18.6 Å². The summed E-state index contributed by atoms with van der Waals surface area (Å²) in [6.07, 6.45) is 0.796. The predicted octanol–water partition coefficient (Wildman–Crippen LogP) is 3.03. The smallest absolute Gasteiger partial charge is 0.258 e. The number of ether oxygens (including phenoxy) is 2. The van der Waals surface area contributed by atoms with Gasteiger partial charge in [0.25, 0.3) is 5.89 Å². The third-order valence-corrected chi connectivity index (χ3v) is 4.63. The van der Waals surface area contributed by atoms with Crippen molar-refractivity contribution in [3.63, 3.8) is 0 Å². The van der Waals surface area contributed by atoms with Crippen LogP contribution in [0.2, 0.25) is 0 Å². The number of rotatable bonds is 6. The van der Waals surface area contributed by atoms with E-state index in [0.717, 1.165) is 23.3 Å². The van der Waals surface area contributed by atoms with Crippen LogP contribution in [0.5, 0.6) is 5.75 Å². The Kier molecular flexibility index (Phi) is 5.34. The van der Waals surface area contributed by atoms with Crippen LogP contribution >= 0.6 is 0 Å². The average molecular weight is 379 g/mol. The molecule has 1 aliphatic rings. The van der Waals surface area contributed by atoms with Crippen LogP contribution in [-0.4, -0.2) is 53.9 Å². The van der Waals surface area contributed by atoms with E-state index in [2.05, 4.69) is 10.1 Å². The summed E-state index contributed by atoms with van der Waals surface area (Å²) >= 11 is 0. The van der Waals surface area contributed by atoms with Gasteiger partial charge in [-0.25, -0.2) is 0 Å². The first-order valence-electron chi connectivity index (χ1n) is 9.16. The van der Waals surface area contributed by atoms with E-state index in [9.17, 15) is 4.79 Å². The Morgan fingerprint density at radius 3 is 2.68 bits per heavy atom. The Labute approximate surface area is 162 Å². The fraction of sp³-hybridized carbons (Fsp3) is 0.286. The minimum absolute atomic E-state index is 0.00438. The Bertz CT molecular complexity index is 924. The van der Waals surface area contributed by atoms with Gasteiger partial charge in [0.15, 0.2) is 0 Å². The molecule has 2 heterocycles. The number of methoxy groups -OCH3 is 1. The Hall–Kier alpha value is -3.19. The first-order valence-corrected chi connectivity index (χ1v) is 9.16. The lowest BCUT2D eigenvalue weighted by Gasteiger charge is -2.17. The summed E-state index contributed by atoms with van der Waals surface area (Å²) in [4.78, 5) is 18.1. The van der Waals surface area contributed by atoms with E-state index in [4.69, 9.17) is 14.0 Å². The molecular formula is C21H21N3O4. The van der Waals surface area contributed by atoms with Gasteiger partial charge in [-0.05, 0) is 36.4 Å². The van der Waals surface area contributed by atoms with Gasteiger partial charge < -0.3 is 18.9 Å². The molecule has 0 spiro atoms. The standard InChI is InChI=1S/C21H21N3O4/c1-26-14-19(25)24-12-11-18(13-24)27-17-9-7-15(8-10-17)20-22-21(28-23-20)16-5-3-2-4-6-16/h2-10,18H,11-14H2,1H3. The highest BCUT2D eigenvalue weighted by Gasteiger charge is 2.27. The highest BCUT2D eigenvalue weighted by molar-refractivity contribution is 5.77. The maximum Gasteiger partial charge on any atom is 0.258 e. The largest absolute Gasteiger partial charge is 0.489 e.